The van der Waals surface area contributed by atoms with Gasteiger partial charge in [0.05, 0.1) is 11.2 Å². The second-order valence-electron chi connectivity index (χ2n) is 3.68. The molecule has 2 heterocycles. The van der Waals surface area contributed by atoms with Crippen molar-refractivity contribution < 1.29 is 0 Å². The van der Waals surface area contributed by atoms with Gasteiger partial charge in [-0.25, -0.2) is 9.97 Å². The number of rotatable bonds is 1. The van der Waals surface area contributed by atoms with Gasteiger partial charge in [-0.3, -0.25) is 4.98 Å². The number of nitrogen functional groups attached to an aromatic ring is 1. The third-order valence-corrected chi connectivity index (χ3v) is 2.60. The zero-order valence-electron chi connectivity index (χ0n) is 9.04. The Balaban J connectivity index is 2.30. The number of hydrogen-bond acceptors (Lipinski definition) is 4. The van der Waals surface area contributed by atoms with Gasteiger partial charge in [0.15, 0.2) is 0 Å². The number of hydrogen-bond donors (Lipinski definition) is 1. The van der Waals surface area contributed by atoms with Crippen LogP contribution in [0.25, 0.3) is 22.2 Å². The summed E-state index contributed by atoms with van der Waals surface area (Å²) >= 11 is 0. The van der Waals surface area contributed by atoms with Gasteiger partial charge in [0, 0.05) is 23.3 Å². The Hall–Kier alpha value is -2.49. The molecule has 1 aromatic carbocycles. The summed E-state index contributed by atoms with van der Waals surface area (Å²) in [5.41, 5.74) is 8.38. The number of anilines is 1. The van der Waals surface area contributed by atoms with Crippen LogP contribution in [-0.2, 0) is 0 Å². The van der Waals surface area contributed by atoms with Crippen molar-refractivity contribution >= 4 is 16.9 Å². The van der Waals surface area contributed by atoms with Crippen LogP contribution >= 0.6 is 0 Å². The highest BCUT2D eigenvalue weighted by Crippen LogP contribution is 2.25. The number of benzene rings is 1. The predicted molar refractivity (Wildman–Crippen MR) is 67.2 cm³/mol. The number of nitrogens with two attached hydrogens (primary N) is 1. The fourth-order valence-electron chi connectivity index (χ4n) is 1.85. The van der Waals surface area contributed by atoms with Crippen molar-refractivity contribution in [1.82, 2.24) is 15.0 Å². The maximum atomic E-state index is 5.60. The molecule has 2 aromatic heterocycles. The standard InChI is InChI=1S/C13H10N4/c14-13-16-8-6-12(17-13)10-3-1-5-11-9(10)4-2-7-15-11/h1-8H,(H2,14,16,17). The predicted octanol–water partition coefficient (Wildman–Crippen LogP) is 2.27. The molecular weight excluding hydrogens is 212 g/mol. The van der Waals surface area contributed by atoms with Crippen molar-refractivity contribution in [2.24, 2.45) is 0 Å². The first-order chi connectivity index (χ1) is 8.34. The van der Waals surface area contributed by atoms with Crippen molar-refractivity contribution in [2.75, 3.05) is 5.73 Å². The summed E-state index contributed by atoms with van der Waals surface area (Å²) in [5.74, 6) is 0.281. The molecule has 3 rings (SSSR count). The second kappa shape index (κ2) is 3.83. The Morgan fingerprint density at radius 1 is 0.882 bits per heavy atom. The Kier molecular flexibility index (Phi) is 2.19. The molecule has 0 aliphatic carbocycles. The topological polar surface area (TPSA) is 64.7 Å². The van der Waals surface area contributed by atoms with Crippen LogP contribution in [0.15, 0.2) is 48.8 Å². The molecular formula is C13H10N4. The first-order valence-corrected chi connectivity index (χ1v) is 5.27. The highest BCUT2D eigenvalue weighted by atomic mass is 15.0. The fourth-order valence-corrected chi connectivity index (χ4v) is 1.85. The number of fused-ring (bicyclic) bond motifs is 1. The minimum atomic E-state index is 0.281. The monoisotopic (exact) mass is 222 g/mol. The number of nitrogens with zero attached hydrogens (tertiary/aromatic N) is 3. The van der Waals surface area contributed by atoms with Gasteiger partial charge in [0.1, 0.15) is 0 Å². The summed E-state index contributed by atoms with van der Waals surface area (Å²) in [6.45, 7) is 0. The van der Waals surface area contributed by atoms with E-state index in [0.717, 1.165) is 22.2 Å². The molecule has 17 heavy (non-hydrogen) atoms. The van der Waals surface area contributed by atoms with Crippen LogP contribution in [-0.4, -0.2) is 15.0 Å². The maximum absolute atomic E-state index is 5.60. The highest BCUT2D eigenvalue weighted by Gasteiger charge is 2.05. The van der Waals surface area contributed by atoms with Crippen molar-refractivity contribution in [3.05, 3.63) is 48.8 Å². The van der Waals surface area contributed by atoms with Crippen LogP contribution in [0.4, 0.5) is 5.95 Å². The molecule has 0 bridgehead atoms. The lowest BCUT2D eigenvalue weighted by Crippen LogP contribution is -1.95. The van der Waals surface area contributed by atoms with E-state index in [1.165, 1.54) is 0 Å². The lowest BCUT2D eigenvalue weighted by Gasteiger charge is -2.05. The molecule has 0 saturated heterocycles. The molecule has 4 nitrogen and oxygen atoms in total. The van der Waals surface area contributed by atoms with Gasteiger partial charge in [-0.15, -0.1) is 0 Å². The molecule has 0 aliphatic rings. The van der Waals surface area contributed by atoms with Crippen molar-refractivity contribution in [1.29, 1.82) is 0 Å². The molecule has 0 saturated carbocycles. The van der Waals surface area contributed by atoms with Crippen LogP contribution in [0.2, 0.25) is 0 Å². The molecule has 0 atom stereocenters. The summed E-state index contributed by atoms with van der Waals surface area (Å²) in [4.78, 5) is 12.4. The molecule has 0 aliphatic heterocycles. The average Bonchev–Trinajstić information content (AvgIpc) is 2.38. The molecule has 82 valence electrons. The third-order valence-electron chi connectivity index (χ3n) is 2.60. The molecule has 0 spiro atoms. The first-order valence-electron chi connectivity index (χ1n) is 5.27. The van der Waals surface area contributed by atoms with Gasteiger partial charge < -0.3 is 5.73 Å². The largest absolute Gasteiger partial charge is 0.368 e. The Morgan fingerprint density at radius 2 is 1.82 bits per heavy atom. The van der Waals surface area contributed by atoms with Gasteiger partial charge in [-0.2, -0.15) is 0 Å². The van der Waals surface area contributed by atoms with Gasteiger partial charge in [0.2, 0.25) is 5.95 Å². The van der Waals surface area contributed by atoms with Crippen LogP contribution < -0.4 is 5.73 Å². The van der Waals surface area contributed by atoms with E-state index in [1.807, 2.05) is 36.4 Å². The van der Waals surface area contributed by atoms with Crippen LogP contribution in [0.1, 0.15) is 0 Å². The molecule has 0 fully saturated rings. The van der Waals surface area contributed by atoms with Gasteiger partial charge in [-0.1, -0.05) is 18.2 Å². The first kappa shape index (κ1) is 9.72. The molecule has 0 radical (unpaired) electrons. The molecule has 4 heteroatoms. The van der Waals surface area contributed by atoms with E-state index in [0.29, 0.717) is 0 Å². The zero-order chi connectivity index (χ0) is 11.7. The molecule has 0 amide bonds. The smallest absolute Gasteiger partial charge is 0.220 e. The van der Waals surface area contributed by atoms with E-state index in [9.17, 15) is 0 Å². The normalized spacial score (nSPS) is 10.6. The summed E-state index contributed by atoms with van der Waals surface area (Å²) in [6.07, 6.45) is 3.44. The van der Waals surface area contributed by atoms with Gasteiger partial charge in [-0.05, 0) is 18.2 Å². The fraction of sp³-hybridized carbons (Fsp3) is 0. The summed E-state index contributed by atoms with van der Waals surface area (Å²) in [5, 5.41) is 1.06. The summed E-state index contributed by atoms with van der Waals surface area (Å²) in [6, 6.07) is 11.7. The number of aromatic nitrogens is 3. The van der Waals surface area contributed by atoms with Gasteiger partial charge in [0.25, 0.3) is 0 Å². The Morgan fingerprint density at radius 3 is 2.71 bits per heavy atom. The van der Waals surface area contributed by atoms with Crippen molar-refractivity contribution in [3.63, 3.8) is 0 Å². The molecule has 2 N–H and O–H groups in total. The highest BCUT2D eigenvalue weighted by molar-refractivity contribution is 5.93. The second-order valence-corrected chi connectivity index (χ2v) is 3.68. The quantitative estimate of drug-likeness (QED) is 0.686. The third kappa shape index (κ3) is 1.69. The van der Waals surface area contributed by atoms with Crippen molar-refractivity contribution in [2.45, 2.75) is 0 Å². The van der Waals surface area contributed by atoms with Crippen LogP contribution in [0, 0.1) is 0 Å². The summed E-state index contributed by atoms with van der Waals surface area (Å²) in [7, 11) is 0. The van der Waals surface area contributed by atoms with E-state index in [4.69, 9.17) is 5.73 Å². The van der Waals surface area contributed by atoms with Gasteiger partial charge >= 0.3 is 0 Å². The Bertz CT molecular complexity index is 674. The van der Waals surface area contributed by atoms with E-state index in [2.05, 4.69) is 15.0 Å². The average molecular weight is 222 g/mol. The minimum Gasteiger partial charge on any atom is -0.368 e. The van der Waals surface area contributed by atoms with E-state index >= 15 is 0 Å². The molecule has 0 unspecified atom stereocenters. The van der Waals surface area contributed by atoms with E-state index in [-0.39, 0.29) is 5.95 Å². The Labute approximate surface area is 98.2 Å². The van der Waals surface area contributed by atoms with Crippen LogP contribution in [0.3, 0.4) is 0 Å². The lowest BCUT2D eigenvalue weighted by atomic mass is 10.1. The van der Waals surface area contributed by atoms with E-state index < -0.39 is 0 Å². The summed E-state index contributed by atoms with van der Waals surface area (Å²) < 4.78 is 0. The minimum absolute atomic E-state index is 0.281. The van der Waals surface area contributed by atoms with Crippen LogP contribution in [0.5, 0.6) is 0 Å². The van der Waals surface area contributed by atoms with E-state index in [1.54, 1.807) is 12.4 Å². The molecule has 3 aromatic rings. The maximum Gasteiger partial charge on any atom is 0.220 e. The van der Waals surface area contributed by atoms with Crippen molar-refractivity contribution in [3.8, 4) is 11.3 Å². The number of pyridine rings is 1. The zero-order valence-corrected chi connectivity index (χ0v) is 9.04. The lowest BCUT2D eigenvalue weighted by molar-refractivity contribution is 1.19. The SMILES string of the molecule is Nc1nccc(-c2cccc3ncccc23)n1.